The minimum absolute atomic E-state index is 0.0272. The monoisotopic (exact) mass is 220 g/mol. The lowest BCUT2D eigenvalue weighted by Crippen LogP contribution is -2.07. The molecule has 0 bridgehead atoms. The molecule has 3 N–H and O–H groups in total. The molecule has 0 aliphatic rings. The second-order valence-corrected chi connectivity index (χ2v) is 3.57. The van der Waals surface area contributed by atoms with Gasteiger partial charge in [0.25, 0.3) is 5.56 Å². The Morgan fingerprint density at radius 3 is 2.44 bits per heavy atom. The number of benzene rings is 1. The fourth-order valence-corrected chi connectivity index (χ4v) is 1.48. The zero-order chi connectivity index (χ0) is 11.7. The van der Waals surface area contributed by atoms with Crippen LogP contribution < -0.4 is 5.56 Å². The molecule has 1 heterocycles. The van der Waals surface area contributed by atoms with Gasteiger partial charge >= 0.3 is 0 Å². The summed E-state index contributed by atoms with van der Waals surface area (Å²) in [7, 11) is 0. The van der Waals surface area contributed by atoms with Crippen molar-refractivity contribution in [1.29, 1.82) is 0 Å². The van der Waals surface area contributed by atoms with E-state index in [1.165, 1.54) is 4.68 Å². The minimum atomic E-state index is -0.486. The van der Waals surface area contributed by atoms with Gasteiger partial charge in [-0.25, -0.2) is 4.68 Å². The normalized spacial score (nSPS) is 10.6. The smallest absolute Gasteiger partial charge is 0.273 e. The summed E-state index contributed by atoms with van der Waals surface area (Å²) >= 11 is 0. The topological polar surface area (TPSA) is 78.2 Å². The van der Waals surface area contributed by atoms with Gasteiger partial charge in [-0.15, -0.1) is 0 Å². The highest BCUT2D eigenvalue weighted by Crippen LogP contribution is 2.18. The second kappa shape index (κ2) is 3.86. The van der Waals surface area contributed by atoms with Crippen molar-refractivity contribution < 1.29 is 10.2 Å². The van der Waals surface area contributed by atoms with Crippen molar-refractivity contribution in [2.24, 2.45) is 0 Å². The van der Waals surface area contributed by atoms with Crippen molar-refractivity contribution in [3.8, 4) is 11.6 Å². The summed E-state index contributed by atoms with van der Waals surface area (Å²) in [4.78, 5) is 11.3. The van der Waals surface area contributed by atoms with E-state index in [9.17, 15) is 9.90 Å². The number of aromatic hydroxyl groups is 1. The van der Waals surface area contributed by atoms with Crippen LogP contribution in [0.2, 0.25) is 0 Å². The van der Waals surface area contributed by atoms with Gasteiger partial charge in [-0.1, -0.05) is 17.7 Å². The lowest BCUT2D eigenvalue weighted by molar-refractivity contribution is 0.273. The minimum Gasteiger partial charge on any atom is -0.493 e. The van der Waals surface area contributed by atoms with Crippen LogP contribution in [-0.2, 0) is 6.61 Å². The predicted octanol–water partition coefficient (Wildman–Crippen LogP) is 0.672. The third-order valence-electron chi connectivity index (χ3n) is 2.42. The molecule has 0 radical (unpaired) electrons. The third kappa shape index (κ3) is 1.61. The van der Waals surface area contributed by atoms with Gasteiger partial charge < -0.3 is 10.2 Å². The van der Waals surface area contributed by atoms with Crippen LogP contribution in [0.15, 0.2) is 29.1 Å². The number of rotatable bonds is 2. The number of aliphatic hydroxyl groups excluding tert-OH is 1. The van der Waals surface area contributed by atoms with Gasteiger partial charge in [0, 0.05) is 0 Å². The summed E-state index contributed by atoms with van der Waals surface area (Å²) in [6.45, 7) is 1.46. The number of hydrogen-bond donors (Lipinski definition) is 3. The molecule has 5 nitrogen and oxygen atoms in total. The first-order valence-electron chi connectivity index (χ1n) is 4.84. The van der Waals surface area contributed by atoms with Gasteiger partial charge in [0.2, 0.25) is 5.88 Å². The Kier molecular flexibility index (Phi) is 2.54. The van der Waals surface area contributed by atoms with Crippen LogP contribution in [0, 0.1) is 6.92 Å². The first-order valence-corrected chi connectivity index (χ1v) is 4.84. The average molecular weight is 220 g/mol. The van der Waals surface area contributed by atoms with E-state index in [1.807, 2.05) is 19.1 Å². The number of aryl methyl sites for hydroxylation is 1. The van der Waals surface area contributed by atoms with Crippen LogP contribution in [0.4, 0.5) is 0 Å². The summed E-state index contributed by atoms with van der Waals surface area (Å²) < 4.78 is 1.24. The molecule has 5 heteroatoms. The van der Waals surface area contributed by atoms with Gasteiger partial charge in [-0.3, -0.25) is 9.89 Å². The number of aromatic nitrogens is 2. The fourth-order valence-electron chi connectivity index (χ4n) is 1.48. The molecule has 0 unspecified atom stereocenters. The van der Waals surface area contributed by atoms with E-state index in [2.05, 4.69) is 5.10 Å². The Hall–Kier alpha value is -2.01. The number of nitrogens with zero attached hydrogens (tertiary/aromatic N) is 1. The molecule has 0 fully saturated rings. The molecule has 0 spiro atoms. The Morgan fingerprint density at radius 1 is 1.31 bits per heavy atom. The summed E-state index contributed by atoms with van der Waals surface area (Å²) in [5.41, 5.74) is 1.21. The fraction of sp³-hybridized carbons (Fsp3) is 0.182. The molecule has 0 aliphatic heterocycles. The molecule has 84 valence electrons. The van der Waals surface area contributed by atoms with Crippen molar-refractivity contribution in [2.75, 3.05) is 0 Å². The lowest BCUT2D eigenvalue weighted by Gasteiger charge is -2.04. The van der Waals surface area contributed by atoms with Gasteiger partial charge in [0.15, 0.2) is 0 Å². The Bertz CT molecular complexity index is 552. The van der Waals surface area contributed by atoms with E-state index in [1.54, 1.807) is 12.1 Å². The van der Waals surface area contributed by atoms with Crippen molar-refractivity contribution in [3.05, 3.63) is 45.7 Å². The highest BCUT2D eigenvalue weighted by Gasteiger charge is 2.13. The van der Waals surface area contributed by atoms with E-state index in [-0.39, 0.29) is 11.4 Å². The van der Waals surface area contributed by atoms with Crippen molar-refractivity contribution >= 4 is 0 Å². The maximum atomic E-state index is 11.3. The molecular weight excluding hydrogens is 208 g/mol. The summed E-state index contributed by atoms with van der Waals surface area (Å²) in [5, 5.41) is 21.1. The Labute approximate surface area is 91.6 Å². The van der Waals surface area contributed by atoms with E-state index in [0.29, 0.717) is 5.69 Å². The number of hydrogen-bond acceptors (Lipinski definition) is 3. The van der Waals surface area contributed by atoms with Crippen LogP contribution in [0.5, 0.6) is 5.88 Å². The van der Waals surface area contributed by atoms with E-state index < -0.39 is 12.2 Å². The number of H-pyrrole nitrogens is 1. The van der Waals surface area contributed by atoms with E-state index >= 15 is 0 Å². The van der Waals surface area contributed by atoms with Crippen LogP contribution >= 0.6 is 0 Å². The molecule has 1 aromatic heterocycles. The standard InChI is InChI=1S/C11H12N2O3/c1-7-2-4-8(5-3-7)13-11(16)9(6-14)10(15)12-13/h2-5,14,16H,6H2,1H3,(H,12,15). The van der Waals surface area contributed by atoms with Gasteiger partial charge in [0.1, 0.15) is 5.56 Å². The molecule has 2 aromatic rings. The van der Waals surface area contributed by atoms with Crippen molar-refractivity contribution in [1.82, 2.24) is 9.78 Å². The third-order valence-corrected chi connectivity index (χ3v) is 2.42. The highest BCUT2D eigenvalue weighted by atomic mass is 16.3. The zero-order valence-corrected chi connectivity index (χ0v) is 8.77. The van der Waals surface area contributed by atoms with Gasteiger partial charge in [0.05, 0.1) is 12.3 Å². The molecule has 0 saturated carbocycles. The quantitative estimate of drug-likeness (QED) is 0.696. The number of aromatic amines is 1. The molecule has 0 saturated heterocycles. The summed E-state index contributed by atoms with van der Waals surface area (Å²) in [6.07, 6.45) is 0. The predicted molar refractivity (Wildman–Crippen MR) is 58.7 cm³/mol. The van der Waals surface area contributed by atoms with Crippen LogP contribution in [0.3, 0.4) is 0 Å². The first kappa shape index (κ1) is 10.5. The van der Waals surface area contributed by atoms with Crippen LogP contribution in [-0.4, -0.2) is 20.0 Å². The molecule has 1 aromatic carbocycles. The van der Waals surface area contributed by atoms with Crippen molar-refractivity contribution in [2.45, 2.75) is 13.5 Å². The number of nitrogens with one attached hydrogen (secondary N) is 1. The highest BCUT2D eigenvalue weighted by molar-refractivity contribution is 5.38. The van der Waals surface area contributed by atoms with E-state index in [0.717, 1.165) is 5.56 Å². The molecule has 16 heavy (non-hydrogen) atoms. The maximum absolute atomic E-state index is 11.3. The van der Waals surface area contributed by atoms with Gasteiger partial charge in [-0.2, -0.15) is 0 Å². The SMILES string of the molecule is Cc1ccc(-n2[nH]c(=O)c(CO)c2O)cc1. The molecule has 2 rings (SSSR count). The maximum Gasteiger partial charge on any atom is 0.273 e. The summed E-state index contributed by atoms with van der Waals surface area (Å²) in [6, 6.07) is 7.27. The van der Waals surface area contributed by atoms with Crippen molar-refractivity contribution in [3.63, 3.8) is 0 Å². The van der Waals surface area contributed by atoms with E-state index in [4.69, 9.17) is 5.11 Å². The Morgan fingerprint density at radius 2 is 1.94 bits per heavy atom. The average Bonchev–Trinajstić information content (AvgIpc) is 2.55. The summed E-state index contributed by atoms with van der Waals surface area (Å²) in [5.74, 6) is -0.253. The lowest BCUT2D eigenvalue weighted by atomic mass is 10.2. The molecule has 0 amide bonds. The second-order valence-electron chi connectivity index (χ2n) is 3.57. The largest absolute Gasteiger partial charge is 0.493 e. The molecule has 0 aliphatic carbocycles. The number of aliphatic hydroxyl groups is 1. The Balaban J connectivity index is 2.56. The molecule has 0 atom stereocenters. The van der Waals surface area contributed by atoms with Crippen LogP contribution in [0.1, 0.15) is 11.1 Å². The zero-order valence-electron chi connectivity index (χ0n) is 8.77. The van der Waals surface area contributed by atoms with Crippen LogP contribution in [0.25, 0.3) is 5.69 Å². The van der Waals surface area contributed by atoms with Gasteiger partial charge in [-0.05, 0) is 19.1 Å². The first-order chi connectivity index (χ1) is 7.63. The molecular formula is C11H12N2O3.